The van der Waals surface area contributed by atoms with Gasteiger partial charge >= 0.3 is 0 Å². The van der Waals surface area contributed by atoms with Crippen molar-refractivity contribution in [3.05, 3.63) is 18.2 Å². The average Bonchev–Trinajstić information content (AvgIpc) is 2.82. The zero-order valence-corrected chi connectivity index (χ0v) is 10.9. The van der Waals surface area contributed by atoms with E-state index < -0.39 is 0 Å². The van der Waals surface area contributed by atoms with E-state index in [1.807, 2.05) is 25.1 Å². The molecule has 0 unspecified atom stereocenters. The Bertz CT molecular complexity index is 691. The molecule has 0 aliphatic rings. The number of anilines is 1. The SMILES string of the molecule is CCOc1ccc2nc(NN=C(C#N)C#N)sc2c1. The third-order valence-corrected chi connectivity index (χ3v) is 3.07. The number of thiazole rings is 1. The van der Waals surface area contributed by atoms with E-state index in [1.54, 1.807) is 12.1 Å². The van der Waals surface area contributed by atoms with Gasteiger partial charge < -0.3 is 4.74 Å². The molecule has 19 heavy (non-hydrogen) atoms. The van der Waals surface area contributed by atoms with E-state index in [4.69, 9.17) is 15.3 Å². The van der Waals surface area contributed by atoms with E-state index in [0.717, 1.165) is 16.0 Å². The lowest BCUT2D eigenvalue weighted by Crippen LogP contribution is -1.95. The van der Waals surface area contributed by atoms with Crippen LogP contribution in [0.15, 0.2) is 23.3 Å². The molecule has 0 spiro atoms. The number of rotatable bonds is 4. The summed E-state index contributed by atoms with van der Waals surface area (Å²) in [5.74, 6) is 0.781. The Balaban J connectivity index is 2.25. The van der Waals surface area contributed by atoms with Gasteiger partial charge in [0.1, 0.15) is 17.9 Å². The minimum atomic E-state index is -0.241. The molecule has 2 aromatic rings. The predicted octanol–water partition coefficient (Wildman–Crippen LogP) is 2.51. The van der Waals surface area contributed by atoms with Crippen molar-refractivity contribution < 1.29 is 4.74 Å². The summed E-state index contributed by atoms with van der Waals surface area (Å²) >= 11 is 1.37. The summed E-state index contributed by atoms with van der Waals surface area (Å²) in [5, 5.41) is 21.3. The number of fused-ring (bicyclic) bond motifs is 1. The summed E-state index contributed by atoms with van der Waals surface area (Å²) < 4.78 is 6.34. The minimum Gasteiger partial charge on any atom is -0.494 e. The van der Waals surface area contributed by atoms with Crippen molar-refractivity contribution in [2.45, 2.75) is 6.92 Å². The lowest BCUT2D eigenvalue weighted by molar-refractivity contribution is 0.341. The number of hydrogen-bond donors (Lipinski definition) is 1. The fourth-order valence-corrected chi connectivity index (χ4v) is 2.22. The highest BCUT2D eigenvalue weighted by Crippen LogP contribution is 2.29. The molecule has 0 aliphatic heterocycles. The second kappa shape index (κ2) is 5.80. The second-order valence-electron chi connectivity index (χ2n) is 3.38. The van der Waals surface area contributed by atoms with Crippen LogP contribution in [0.3, 0.4) is 0 Å². The van der Waals surface area contributed by atoms with Gasteiger partial charge in [-0.05, 0) is 25.1 Å². The molecular weight excluding hydrogens is 262 g/mol. The first-order chi connectivity index (χ1) is 9.26. The highest BCUT2D eigenvalue weighted by molar-refractivity contribution is 7.22. The fourth-order valence-electron chi connectivity index (χ4n) is 1.39. The molecule has 7 heteroatoms. The molecule has 1 aromatic heterocycles. The van der Waals surface area contributed by atoms with Gasteiger partial charge in [-0.2, -0.15) is 15.6 Å². The van der Waals surface area contributed by atoms with Crippen molar-refractivity contribution in [3.63, 3.8) is 0 Å². The number of benzene rings is 1. The Kier molecular flexibility index (Phi) is 3.91. The first kappa shape index (κ1) is 12.8. The van der Waals surface area contributed by atoms with E-state index in [-0.39, 0.29) is 5.71 Å². The van der Waals surface area contributed by atoms with Crippen LogP contribution in [-0.2, 0) is 0 Å². The largest absolute Gasteiger partial charge is 0.494 e. The maximum Gasteiger partial charge on any atom is 0.237 e. The fraction of sp³-hybridized carbons (Fsp3) is 0.167. The van der Waals surface area contributed by atoms with Crippen molar-refractivity contribution in [3.8, 4) is 17.9 Å². The Labute approximate surface area is 113 Å². The third kappa shape index (κ3) is 2.97. The lowest BCUT2D eigenvalue weighted by atomic mass is 10.3. The first-order valence-corrected chi connectivity index (χ1v) is 6.25. The Morgan fingerprint density at radius 2 is 2.26 bits per heavy atom. The van der Waals surface area contributed by atoms with Crippen LogP contribution in [-0.4, -0.2) is 17.3 Å². The molecule has 0 fully saturated rings. The van der Waals surface area contributed by atoms with Crippen molar-refractivity contribution >= 4 is 32.4 Å². The van der Waals surface area contributed by atoms with Gasteiger partial charge in [0.2, 0.25) is 10.8 Å². The van der Waals surface area contributed by atoms with Crippen LogP contribution in [0, 0.1) is 22.7 Å². The molecule has 94 valence electrons. The molecule has 0 atom stereocenters. The van der Waals surface area contributed by atoms with Gasteiger partial charge in [0.15, 0.2) is 0 Å². The second-order valence-corrected chi connectivity index (χ2v) is 4.41. The quantitative estimate of drug-likeness (QED) is 0.681. The molecule has 1 heterocycles. The number of aromatic nitrogens is 1. The molecule has 0 saturated carbocycles. The maximum atomic E-state index is 8.56. The van der Waals surface area contributed by atoms with Crippen molar-refractivity contribution in [2.24, 2.45) is 5.10 Å². The standard InChI is InChI=1S/C12H9N5OS/c1-2-18-9-3-4-10-11(5-9)19-12(15-10)17-16-8(6-13)7-14/h3-5H,2H2,1H3,(H,15,17). The number of ether oxygens (including phenoxy) is 1. The van der Waals surface area contributed by atoms with Crippen LogP contribution in [0.4, 0.5) is 5.13 Å². The van der Waals surface area contributed by atoms with Gasteiger partial charge in [-0.3, -0.25) is 5.43 Å². The molecule has 0 amide bonds. The van der Waals surface area contributed by atoms with Gasteiger partial charge in [0, 0.05) is 0 Å². The Morgan fingerprint density at radius 1 is 1.47 bits per heavy atom. The van der Waals surface area contributed by atoms with Gasteiger partial charge in [0.25, 0.3) is 0 Å². The number of hydrazone groups is 1. The average molecular weight is 271 g/mol. The summed E-state index contributed by atoms with van der Waals surface area (Å²) in [7, 11) is 0. The zero-order valence-electron chi connectivity index (χ0n) is 10.0. The molecule has 6 nitrogen and oxygen atoms in total. The van der Waals surface area contributed by atoms with Crippen molar-refractivity contribution in [1.29, 1.82) is 10.5 Å². The summed E-state index contributed by atoms with van der Waals surface area (Å²) in [4.78, 5) is 4.28. The van der Waals surface area contributed by atoms with Crippen LogP contribution in [0.2, 0.25) is 0 Å². The van der Waals surface area contributed by atoms with Gasteiger partial charge in [-0.25, -0.2) is 4.98 Å². The monoisotopic (exact) mass is 271 g/mol. The third-order valence-electron chi connectivity index (χ3n) is 2.15. The summed E-state index contributed by atoms with van der Waals surface area (Å²) in [6.45, 7) is 2.53. The van der Waals surface area contributed by atoms with Crippen LogP contribution in [0.1, 0.15) is 6.92 Å². The molecule has 0 aliphatic carbocycles. The van der Waals surface area contributed by atoms with Gasteiger partial charge in [-0.1, -0.05) is 11.3 Å². The zero-order chi connectivity index (χ0) is 13.7. The molecule has 0 radical (unpaired) electrons. The van der Waals surface area contributed by atoms with Crippen molar-refractivity contribution in [1.82, 2.24) is 4.98 Å². The normalized spacial score (nSPS) is 9.42. The van der Waals surface area contributed by atoms with Gasteiger partial charge in [0.05, 0.1) is 16.8 Å². The predicted molar refractivity (Wildman–Crippen MR) is 73.1 cm³/mol. The topological polar surface area (TPSA) is 94.1 Å². The molecule has 2 rings (SSSR count). The number of nitriles is 2. The maximum absolute atomic E-state index is 8.56. The first-order valence-electron chi connectivity index (χ1n) is 5.44. The van der Waals surface area contributed by atoms with E-state index in [1.165, 1.54) is 11.3 Å². The number of nitrogens with zero attached hydrogens (tertiary/aromatic N) is 4. The number of hydrogen-bond acceptors (Lipinski definition) is 7. The number of nitrogens with one attached hydrogen (secondary N) is 1. The summed E-state index contributed by atoms with van der Waals surface area (Å²) in [6.07, 6.45) is 0. The van der Waals surface area contributed by atoms with Crippen LogP contribution < -0.4 is 10.2 Å². The molecular formula is C12H9N5OS. The van der Waals surface area contributed by atoms with E-state index in [9.17, 15) is 0 Å². The lowest BCUT2D eigenvalue weighted by Gasteiger charge is -2.00. The van der Waals surface area contributed by atoms with E-state index in [0.29, 0.717) is 11.7 Å². The molecule has 0 saturated heterocycles. The summed E-state index contributed by atoms with van der Waals surface area (Å²) in [5.41, 5.74) is 3.16. The minimum absolute atomic E-state index is 0.241. The van der Waals surface area contributed by atoms with E-state index >= 15 is 0 Å². The van der Waals surface area contributed by atoms with Crippen LogP contribution >= 0.6 is 11.3 Å². The van der Waals surface area contributed by atoms with Crippen LogP contribution in [0.25, 0.3) is 10.2 Å². The molecule has 1 N–H and O–H groups in total. The smallest absolute Gasteiger partial charge is 0.237 e. The van der Waals surface area contributed by atoms with Crippen molar-refractivity contribution in [2.75, 3.05) is 12.0 Å². The van der Waals surface area contributed by atoms with E-state index in [2.05, 4.69) is 15.5 Å². The highest BCUT2D eigenvalue weighted by atomic mass is 32.1. The Hall–Kier alpha value is -2.64. The molecule has 0 bridgehead atoms. The highest BCUT2D eigenvalue weighted by Gasteiger charge is 2.05. The Morgan fingerprint density at radius 3 is 2.95 bits per heavy atom. The summed E-state index contributed by atoms with van der Waals surface area (Å²) in [6, 6.07) is 8.91. The van der Waals surface area contributed by atoms with Crippen LogP contribution in [0.5, 0.6) is 5.75 Å². The van der Waals surface area contributed by atoms with Gasteiger partial charge in [-0.15, -0.1) is 0 Å². The molecule has 1 aromatic carbocycles.